The maximum absolute atomic E-state index is 12.3. The number of thioether (sulfide) groups is 1. The third kappa shape index (κ3) is 5.10. The first kappa shape index (κ1) is 19.0. The van der Waals surface area contributed by atoms with Gasteiger partial charge in [0.2, 0.25) is 5.16 Å². The van der Waals surface area contributed by atoms with E-state index < -0.39 is 0 Å². The molecule has 2 aromatic carbocycles. The van der Waals surface area contributed by atoms with E-state index in [9.17, 15) is 4.79 Å². The zero-order valence-corrected chi connectivity index (χ0v) is 16.4. The van der Waals surface area contributed by atoms with Crippen molar-refractivity contribution in [3.05, 3.63) is 71.0 Å². The van der Waals surface area contributed by atoms with Gasteiger partial charge in [-0.2, -0.15) is 0 Å². The van der Waals surface area contributed by atoms with Crippen LogP contribution in [0.1, 0.15) is 22.5 Å². The van der Waals surface area contributed by atoms with Gasteiger partial charge in [0.1, 0.15) is 11.6 Å². The molecule has 0 saturated carbocycles. The number of nitrogens with zero attached hydrogens (tertiary/aromatic N) is 3. The molecule has 1 heterocycles. The monoisotopic (exact) mass is 382 g/mol. The van der Waals surface area contributed by atoms with Crippen molar-refractivity contribution in [3.8, 4) is 5.75 Å². The fourth-order valence-corrected chi connectivity index (χ4v) is 3.29. The van der Waals surface area contributed by atoms with Gasteiger partial charge < -0.3 is 4.74 Å². The molecule has 0 aliphatic rings. The molecule has 1 amide bonds. The molecule has 27 heavy (non-hydrogen) atoms. The highest BCUT2D eigenvalue weighted by molar-refractivity contribution is 7.98. The Morgan fingerprint density at radius 3 is 2.59 bits per heavy atom. The van der Waals surface area contributed by atoms with Crippen LogP contribution in [0.3, 0.4) is 0 Å². The first-order valence-corrected chi connectivity index (χ1v) is 9.60. The van der Waals surface area contributed by atoms with Gasteiger partial charge in [-0.3, -0.25) is 10.2 Å². The molecule has 6 nitrogen and oxygen atoms in total. The number of carbonyl (C=O) groups is 1. The summed E-state index contributed by atoms with van der Waals surface area (Å²) in [6.07, 6.45) is 0. The van der Waals surface area contributed by atoms with Crippen molar-refractivity contribution in [3.63, 3.8) is 0 Å². The maximum Gasteiger partial charge on any atom is 0.276 e. The highest BCUT2D eigenvalue weighted by Crippen LogP contribution is 2.21. The smallest absolute Gasteiger partial charge is 0.276 e. The van der Waals surface area contributed by atoms with Crippen molar-refractivity contribution in [2.45, 2.75) is 31.7 Å². The predicted molar refractivity (Wildman–Crippen MR) is 107 cm³/mol. The molecule has 0 aliphatic carbocycles. The molecule has 7 heteroatoms. The third-order valence-electron chi connectivity index (χ3n) is 4.09. The van der Waals surface area contributed by atoms with Gasteiger partial charge in [-0.25, -0.2) is 4.68 Å². The van der Waals surface area contributed by atoms with E-state index >= 15 is 0 Å². The summed E-state index contributed by atoms with van der Waals surface area (Å²) in [5, 5.41) is 8.84. The van der Waals surface area contributed by atoms with E-state index in [1.165, 1.54) is 22.9 Å². The number of ether oxygens (including phenoxy) is 1. The van der Waals surface area contributed by atoms with E-state index in [1.54, 1.807) is 11.6 Å². The van der Waals surface area contributed by atoms with Crippen LogP contribution >= 0.6 is 11.8 Å². The lowest BCUT2D eigenvalue weighted by Crippen LogP contribution is -2.29. The van der Waals surface area contributed by atoms with Crippen molar-refractivity contribution in [1.82, 2.24) is 14.9 Å². The van der Waals surface area contributed by atoms with Gasteiger partial charge in [0.25, 0.3) is 5.91 Å². The zero-order valence-electron chi connectivity index (χ0n) is 15.6. The Bertz CT molecular complexity index is 925. The molecule has 3 rings (SSSR count). The molecule has 3 aromatic rings. The number of benzene rings is 2. The van der Waals surface area contributed by atoms with E-state index in [0.717, 1.165) is 11.3 Å². The Balaban J connectivity index is 1.58. The minimum absolute atomic E-state index is 0.0804. The fraction of sp³-hybridized carbons (Fsp3) is 0.250. The lowest BCUT2D eigenvalue weighted by molar-refractivity contribution is -0.119. The highest BCUT2D eigenvalue weighted by Gasteiger charge is 2.13. The molecule has 1 N–H and O–H groups in total. The topological polar surface area (TPSA) is 69.0 Å². The Morgan fingerprint density at radius 2 is 1.85 bits per heavy atom. The minimum atomic E-state index is -0.266. The molecule has 0 unspecified atom stereocenters. The largest absolute Gasteiger partial charge is 0.484 e. The summed E-state index contributed by atoms with van der Waals surface area (Å²) in [6.45, 7) is 5.77. The van der Waals surface area contributed by atoms with Crippen LogP contribution in [0, 0.1) is 20.8 Å². The summed E-state index contributed by atoms with van der Waals surface area (Å²) in [5.41, 5.74) is 6.29. The van der Waals surface area contributed by atoms with Gasteiger partial charge in [-0.05, 0) is 49.6 Å². The van der Waals surface area contributed by atoms with E-state index in [2.05, 4.69) is 27.8 Å². The lowest BCUT2D eigenvalue weighted by atomic mass is 10.1. The Hall–Kier alpha value is -2.80. The Morgan fingerprint density at radius 1 is 1.07 bits per heavy atom. The SMILES string of the molecule is Cc1ccc(OCC(=O)Nn2c(C)nnc2SCc2ccccc2)cc1C. The molecule has 0 spiro atoms. The summed E-state index contributed by atoms with van der Waals surface area (Å²) in [6, 6.07) is 15.8. The van der Waals surface area contributed by atoms with Crippen LogP contribution in [-0.4, -0.2) is 27.4 Å². The van der Waals surface area contributed by atoms with Crippen molar-refractivity contribution in [2.24, 2.45) is 0 Å². The van der Waals surface area contributed by atoms with Crippen molar-refractivity contribution >= 4 is 17.7 Å². The number of rotatable bonds is 7. The van der Waals surface area contributed by atoms with Crippen molar-refractivity contribution in [1.29, 1.82) is 0 Å². The van der Waals surface area contributed by atoms with Gasteiger partial charge in [-0.1, -0.05) is 48.2 Å². The number of nitrogens with one attached hydrogen (secondary N) is 1. The van der Waals surface area contributed by atoms with Crippen LogP contribution in [0.4, 0.5) is 0 Å². The fourth-order valence-electron chi connectivity index (χ4n) is 2.40. The van der Waals surface area contributed by atoms with Crippen molar-refractivity contribution in [2.75, 3.05) is 12.0 Å². The first-order chi connectivity index (χ1) is 13.0. The normalized spacial score (nSPS) is 10.6. The predicted octanol–water partition coefficient (Wildman–Crippen LogP) is 3.64. The second-order valence-electron chi connectivity index (χ2n) is 6.21. The molecule has 0 atom stereocenters. The van der Waals surface area contributed by atoms with Gasteiger partial charge in [0.15, 0.2) is 6.61 Å². The number of aromatic nitrogens is 3. The van der Waals surface area contributed by atoms with E-state index in [1.807, 2.05) is 50.2 Å². The first-order valence-electron chi connectivity index (χ1n) is 8.61. The maximum atomic E-state index is 12.3. The van der Waals surface area contributed by atoms with Crippen LogP contribution in [0.15, 0.2) is 53.7 Å². The van der Waals surface area contributed by atoms with Gasteiger partial charge in [0.05, 0.1) is 0 Å². The Kier molecular flexibility index (Phi) is 6.13. The van der Waals surface area contributed by atoms with Crippen LogP contribution < -0.4 is 10.2 Å². The van der Waals surface area contributed by atoms with Crippen LogP contribution in [0.2, 0.25) is 0 Å². The number of amides is 1. The Labute approximate surface area is 162 Å². The van der Waals surface area contributed by atoms with Crippen LogP contribution in [0.5, 0.6) is 5.75 Å². The molecule has 1 aromatic heterocycles. The summed E-state index contributed by atoms with van der Waals surface area (Å²) in [4.78, 5) is 12.3. The van der Waals surface area contributed by atoms with Crippen LogP contribution in [0.25, 0.3) is 0 Å². The van der Waals surface area contributed by atoms with E-state index in [0.29, 0.717) is 16.7 Å². The summed E-state index contributed by atoms with van der Waals surface area (Å²) in [7, 11) is 0. The second kappa shape index (κ2) is 8.73. The second-order valence-corrected chi connectivity index (χ2v) is 7.15. The van der Waals surface area contributed by atoms with Crippen molar-refractivity contribution < 1.29 is 9.53 Å². The number of aryl methyl sites for hydroxylation is 3. The molecule has 0 bridgehead atoms. The van der Waals surface area contributed by atoms with E-state index in [4.69, 9.17) is 4.74 Å². The molecule has 0 aliphatic heterocycles. The summed E-state index contributed by atoms with van der Waals surface area (Å²) >= 11 is 1.51. The number of hydrogen-bond acceptors (Lipinski definition) is 5. The summed E-state index contributed by atoms with van der Waals surface area (Å²) < 4.78 is 7.19. The number of carbonyl (C=O) groups excluding carboxylic acids is 1. The summed E-state index contributed by atoms with van der Waals surface area (Å²) in [5.74, 6) is 1.77. The molecule has 0 radical (unpaired) electrons. The highest BCUT2D eigenvalue weighted by atomic mass is 32.2. The van der Waals surface area contributed by atoms with Crippen LogP contribution in [-0.2, 0) is 10.5 Å². The molecule has 0 saturated heterocycles. The average Bonchev–Trinajstić information content (AvgIpc) is 3.01. The number of hydrogen-bond donors (Lipinski definition) is 1. The zero-order chi connectivity index (χ0) is 19.2. The molecular formula is C20H22N4O2S. The van der Waals surface area contributed by atoms with E-state index in [-0.39, 0.29) is 12.5 Å². The quantitative estimate of drug-likeness (QED) is 0.632. The molecular weight excluding hydrogens is 360 g/mol. The third-order valence-corrected chi connectivity index (χ3v) is 5.09. The molecule has 0 fully saturated rings. The minimum Gasteiger partial charge on any atom is -0.484 e. The van der Waals surface area contributed by atoms with Gasteiger partial charge in [0, 0.05) is 5.75 Å². The lowest BCUT2D eigenvalue weighted by Gasteiger charge is -2.11. The van der Waals surface area contributed by atoms with Gasteiger partial charge >= 0.3 is 0 Å². The standard InChI is InChI=1S/C20H22N4O2S/c1-14-9-10-18(11-15(14)2)26-12-19(25)23-24-16(3)21-22-20(24)27-13-17-7-5-4-6-8-17/h4-11H,12-13H2,1-3H3,(H,23,25). The average molecular weight is 382 g/mol. The van der Waals surface area contributed by atoms with Gasteiger partial charge in [-0.15, -0.1) is 10.2 Å². The molecule has 140 valence electrons.